The molecule has 0 aliphatic heterocycles. The van der Waals surface area contributed by atoms with E-state index in [9.17, 15) is 10.2 Å². The van der Waals surface area contributed by atoms with E-state index in [1.807, 2.05) is 18.2 Å². The Hall–Kier alpha value is -2.57. The van der Waals surface area contributed by atoms with Gasteiger partial charge < -0.3 is 20.8 Å². The lowest BCUT2D eigenvalue weighted by Crippen LogP contribution is -2.26. The van der Waals surface area contributed by atoms with E-state index in [4.69, 9.17) is 0 Å². The monoisotopic (exact) mass is 312 g/mol. The molecule has 5 N–H and O–H groups in total. The van der Waals surface area contributed by atoms with E-state index in [-0.39, 0.29) is 5.75 Å². The van der Waals surface area contributed by atoms with Gasteiger partial charge in [0.2, 0.25) is 0 Å². The Morgan fingerprint density at radius 2 is 2.00 bits per heavy atom. The zero-order chi connectivity index (χ0) is 16.1. The molecule has 0 fully saturated rings. The lowest BCUT2D eigenvalue weighted by molar-refractivity contribution is 0.175. The number of phenolic OH excluding ortho intramolecular Hbond substituents is 1. The van der Waals surface area contributed by atoms with Crippen LogP contribution in [0.4, 0.5) is 5.69 Å². The van der Waals surface area contributed by atoms with Gasteiger partial charge >= 0.3 is 0 Å². The Kier molecular flexibility index (Phi) is 4.75. The molecule has 1 atom stereocenters. The Bertz CT molecular complexity index is 772. The van der Waals surface area contributed by atoms with E-state index >= 15 is 0 Å². The van der Waals surface area contributed by atoms with Gasteiger partial charge in [0, 0.05) is 30.7 Å². The molecule has 0 aliphatic rings. The average molecular weight is 312 g/mol. The quantitative estimate of drug-likeness (QED) is 0.430. The molecule has 3 aromatic rings. The van der Waals surface area contributed by atoms with Crippen molar-refractivity contribution in [2.75, 3.05) is 25.0 Å². The number of fused-ring (bicyclic) bond motifs is 1. The van der Waals surface area contributed by atoms with E-state index in [2.05, 4.69) is 20.8 Å². The fraction of sp³-hybridized carbons (Fsp3) is 0.235. The number of H-pyrrole nitrogens is 1. The molecule has 0 radical (unpaired) electrons. The lowest BCUT2D eigenvalue weighted by atomic mass is 10.1. The maximum atomic E-state index is 10.1. The van der Waals surface area contributed by atoms with Crippen LogP contribution in [0.1, 0.15) is 11.7 Å². The van der Waals surface area contributed by atoms with Gasteiger partial charge in [-0.2, -0.15) is 5.10 Å². The van der Waals surface area contributed by atoms with Crippen molar-refractivity contribution < 1.29 is 10.2 Å². The largest absolute Gasteiger partial charge is 0.508 e. The second-order valence-electron chi connectivity index (χ2n) is 5.38. The van der Waals surface area contributed by atoms with Gasteiger partial charge in [0.05, 0.1) is 17.8 Å². The first-order chi connectivity index (χ1) is 11.2. The Balaban J connectivity index is 1.44. The first-order valence-corrected chi connectivity index (χ1v) is 7.58. The second-order valence-corrected chi connectivity index (χ2v) is 5.38. The maximum absolute atomic E-state index is 10.1. The standard InChI is InChI=1S/C17H20N4O2/c22-13-4-1-3-12(9-13)17(23)11-18-7-8-19-15-5-2-6-16-14(15)10-20-21-16/h1-6,9-10,17-19,22-23H,7-8,11H2,(H,20,21). The first-order valence-electron chi connectivity index (χ1n) is 7.58. The summed E-state index contributed by atoms with van der Waals surface area (Å²) in [5.74, 6) is 0.163. The number of phenols is 1. The molecule has 120 valence electrons. The van der Waals surface area contributed by atoms with Gasteiger partial charge in [-0.3, -0.25) is 5.10 Å². The highest BCUT2D eigenvalue weighted by Gasteiger charge is 2.07. The number of hydrogen-bond acceptors (Lipinski definition) is 5. The zero-order valence-electron chi connectivity index (χ0n) is 12.7. The number of anilines is 1. The molecule has 3 rings (SSSR count). The minimum Gasteiger partial charge on any atom is -0.508 e. The molecule has 0 saturated heterocycles. The highest BCUT2D eigenvalue weighted by atomic mass is 16.3. The third-order valence-corrected chi connectivity index (χ3v) is 3.69. The first kappa shape index (κ1) is 15.3. The van der Waals surface area contributed by atoms with E-state index in [0.717, 1.165) is 23.1 Å². The van der Waals surface area contributed by atoms with E-state index in [1.165, 1.54) is 0 Å². The molecular weight excluding hydrogens is 292 g/mol. The van der Waals surface area contributed by atoms with E-state index in [0.29, 0.717) is 18.7 Å². The minimum absolute atomic E-state index is 0.163. The van der Waals surface area contributed by atoms with Crippen molar-refractivity contribution in [3.8, 4) is 5.75 Å². The third-order valence-electron chi connectivity index (χ3n) is 3.69. The molecule has 6 heteroatoms. The molecule has 0 bridgehead atoms. The number of aliphatic hydroxyl groups is 1. The molecule has 0 saturated carbocycles. The summed E-state index contributed by atoms with van der Waals surface area (Å²) in [6, 6.07) is 12.7. The van der Waals surface area contributed by atoms with Crippen LogP contribution < -0.4 is 10.6 Å². The maximum Gasteiger partial charge on any atom is 0.115 e. The average Bonchev–Trinajstić information content (AvgIpc) is 3.03. The fourth-order valence-corrected chi connectivity index (χ4v) is 2.50. The summed E-state index contributed by atoms with van der Waals surface area (Å²) in [6.45, 7) is 1.88. The zero-order valence-corrected chi connectivity index (χ0v) is 12.7. The van der Waals surface area contributed by atoms with Crippen molar-refractivity contribution >= 4 is 16.6 Å². The summed E-state index contributed by atoms with van der Waals surface area (Å²) in [5, 5.41) is 34.1. The lowest BCUT2D eigenvalue weighted by Gasteiger charge is -2.13. The number of benzene rings is 2. The molecule has 1 heterocycles. The predicted molar refractivity (Wildman–Crippen MR) is 90.5 cm³/mol. The van der Waals surface area contributed by atoms with Crippen molar-refractivity contribution in [2.24, 2.45) is 0 Å². The van der Waals surface area contributed by atoms with Crippen LogP contribution in [-0.2, 0) is 0 Å². The number of aromatic hydroxyl groups is 1. The third kappa shape index (κ3) is 3.80. The molecule has 23 heavy (non-hydrogen) atoms. The summed E-state index contributed by atoms with van der Waals surface area (Å²) < 4.78 is 0. The number of hydrogen-bond donors (Lipinski definition) is 5. The van der Waals surface area contributed by atoms with Crippen molar-refractivity contribution in [3.63, 3.8) is 0 Å². The highest BCUT2D eigenvalue weighted by Crippen LogP contribution is 2.20. The van der Waals surface area contributed by atoms with Crippen LogP contribution in [0.15, 0.2) is 48.7 Å². The smallest absolute Gasteiger partial charge is 0.115 e. The van der Waals surface area contributed by atoms with Gasteiger partial charge in [-0.1, -0.05) is 18.2 Å². The van der Waals surface area contributed by atoms with Crippen LogP contribution >= 0.6 is 0 Å². The molecular formula is C17H20N4O2. The number of aliphatic hydroxyl groups excluding tert-OH is 1. The van der Waals surface area contributed by atoms with Crippen LogP contribution in [0.25, 0.3) is 10.9 Å². The molecule has 0 spiro atoms. The summed E-state index contributed by atoms with van der Waals surface area (Å²) in [6.07, 6.45) is 1.16. The summed E-state index contributed by atoms with van der Waals surface area (Å²) >= 11 is 0. The van der Waals surface area contributed by atoms with Crippen LogP contribution in [0.3, 0.4) is 0 Å². The normalized spacial score (nSPS) is 12.4. The molecule has 1 aromatic heterocycles. The molecule has 6 nitrogen and oxygen atoms in total. The fourth-order valence-electron chi connectivity index (χ4n) is 2.50. The van der Waals surface area contributed by atoms with Gasteiger partial charge in [0.15, 0.2) is 0 Å². The van der Waals surface area contributed by atoms with Gasteiger partial charge in [-0.05, 0) is 29.8 Å². The van der Waals surface area contributed by atoms with Crippen LogP contribution in [0, 0.1) is 0 Å². The SMILES string of the molecule is Oc1cccc(C(O)CNCCNc2cccc3[nH]ncc23)c1. The Morgan fingerprint density at radius 1 is 1.13 bits per heavy atom. The number of rotatable bonds is 7. The van der Waals surface area contributed by atoms with Crippen molar-refractivity contribution in [2.45, 2.75) is 6.10 Å². The molecule has 0 amide bonds. The highest BCUT2D eigenvalue weighted by molar-refractivity contribution is 5.90. The summed E-state index contributed by atoms with van der Waals surface area (Å²) in [5.41, 5.74) is 2.74. The second kappa shape index (κ2) is 7.13. The van der Waals surface area contributed by atoms with Crippen LogP contribution in [0.2, 0.25) is 0 Å². The summed E-state index contributed by atoms with van der Waals surface area (Å²) in [7, 11) is 0. The van der Waals surface area contributed by atoms with Crippen molar-refractivity contribution in [3.05, 3.63) is 54.2 Å². The minimum atomic E-state index is -0.639. The van der Waals surface area contributed by atoms with E-state index < -0.39 is 6.10 Å². The molecule has 1 unspecified atom stereocenters. The van der Waals surface area contributed by atoms with Crippen LogP contribution in [-0.4, -0.2) is 40.0 Å². The number of nitrogens with one attached hydrogen (secondary N) is 3. The van der Waals surface area contributed by atoms with Gasteiger partial charge in [0.1, 0.15) is 5.75 Å². The Morgan fingerprint density at radius 3 is 2.87 bits per heavy atom. The molecule has 2 aromatic carbocycles. The van der Waals surface area contributed by atoms with Crippen LogP contribution in [0.5, 0.6) is 5.75 Å². The number of aromatic nitrogens is 2. The van der Waals surface area contributed by atoms with E-state index in [1.54, 1.807) is 30.5 Å². The summed E-state index contributed by atoms with van der Waals surface area (Å²) in [4.78, 5) is 0. The number of nitrogens with zero attached hydrogens (tertiary/aromatic N) is 1. The topological polar surface area (TPSA) is 93.2 Å². The predicted octanol–water partition coefficient (Wildman–Crippen LogP) is 2.00. The number of aromatic amines is 1. The van der Waals surface area contributed by atoms with Crippen molar-refractivity contribution in [1.29, 1.82) is 0 Å². The van der Waals surface area contributed by atoms with Gasteiger partial charge in [0.25, 0.3) is 0 Å². The van der Waals surface area contributed by atoms with Crippen molar-refractivity contribution in [1.82, 2.24) is 15.5 Å². The van der Waals surface area contributed by atoms with Gasteiger partial charge in [-0.25, -0.2) is 0 Å². The Labute approximate surface area is 134 Å². The molecule has 0 aliphatic carbocycles. The van der Waals surface area contributed by atoms with Gasteiger partial charge in [-0.15, -0.1) is 0 Å².